The Morgan fingerprint density at radius 1 is 1.25 bits per heavy atom. The molecular weight excluding hydrogens is 429 g/mol. The Morgan fingerprint density at radius 3 is 2.72 bits per heavy atom. The molecule has 0 unspecified atom stereocenters. The number of nitrogens with zero attached hydrogens (tertiary/aromatic N) is 1. The highest BCUT2D eigenvalue weighted by Gasteiger charge is 2.87. The third kappa shape index (κ3) is 2.69. The number of aromatic nitrogens is 1. The first-order chi connectivity index (χ1) is 15.2. The van der Waals surface area contributed by atoms with Crippen LogP contribution in [-0.4, -0.2) is 48.5 Å². The minimum Gasteiger partial charge on any atom is -0.495 e. The van der Waals surface area contributed by atoms with Gasteiger partial charge in [-0.15, -0.1) is 0 Å². The Labute approximate surface area is 181 Å². The molecule has 2 bridgehead atoms. The number of aliphatic hydroxyl groups is 1. The summed E-state index contributed by atoms with van der Waals surface area (Å²) in [7, 11) is 2.79. The molecule has 1 aromatic carbocycles. The van der Waals surface area contributed by atoms with Crippen molar-refractivity contribution in [1.29, 1.82) is 0 Å². The van der Waals surface area contributed by atoms with Gasteiger partial charge in [0.2, 0.25) is 11.8 Å². The van der Waals surface area contributed by atoms with Crippen molar-refractivity contribution in [2.75, 3.05) is 19.5 Å². The summed E-state index contributed by atoms with van der Waals surface area (Å²) in [6, 6.07) is 6.38. The van der Waals surface area contributed by atoms with Crippen LogP contribution in [0.3, 0.4) is 0 Å². The quantitative estimate of drug-likeness (QED) is 0.728. The molecule has 0 radical (unpaired) electrons. The highest BCUT2D eigenvalue weighted by Crippen LogP contribution is 2.77. The second-order valence-corrected chi connectivity index (χ2v) is 8.42. The topological polar surface area (TPSA) is 89.9 Å². The number of benzene rings is 1. The lowest BCUT2D eigenvalue weighted by atomic mass is 9.74. The first-order valence-electron chi connectivity index (χ1n) is 10.1. The summed E-state index contributed by atoms with van der Waals surface area (Å²) in [5, 5.41) is 13.2. The maximum atomic E-state index is 13.6. The van der Waals surface area contributed by atoms with Crippen LogP contribution >= 0.6 is 0 Å². The average molecular weight is 450 g/mol. The number of alkyl halides is 3. The molecule has 1 saturated carbocycles. The Balaban J connectivity index is 1.53. The van der Waals surface area contributed by atoms with Crippen molar-refractivity contribution in [3.63, 3.8) is 0 Å². The summed E-state index contributed by atoms with van der Waals surface area (Å²) < 4.78 is 56.0. The van der Waals surface area contributed by atoms with Crippen LogP contribution in [0.25, 0.3) is 0 Å². The lowest BCUT2D eigenvalue weighted by Crippen LogP contribution is -2.44. The number of rotatable bonds is 5. The number of carbonyl (C=O) groups is 1. The van der Waals surface area contributed by atoms with Crippen molar-refractivity contribution >= 4 is 11.6 Å². The zero-order valence-corrected chi connectivity index (χ0v) is 17.3. The van der Waals surface area contributed by atoms with E-state index in [1.165, 1.54) is 20.3 Å². The van der Waals surface area contributed by atoms with Gasteiger partial charge in [-0.05, 0) is 36.2 Å². The summed E-state index contributed by atoms with van der Waals surface area (Å²) >= 11 is 0. The number of amides is 1. The monoisotopic (exact) mass is 450 g/mol. The van der Waals surface area contributed by atoms with Gasteiger partial charge in [0, 0.05) is 24.1 Å². The number of methoxy groups -OCH3 is 2. The fourth-order valence-corrected chi connectivity index (χ4v) is 5.55. The van der Waals surface area contributed by atoms with Crippen LogP contribution in [0.4, 0.5) is 18.9 Å². The predicted molar refractivity (Wildman–Crippen MR) is 105 cm³/mol. The van der Waals surface area contributed by atoms with E-state index in [0.29, 0.717) is 12.3 Å². The van der Waals surface area contributed by atoms with E-state index in [1.54, 1.807) is 18.3 Å². The third-order valence-electron chi connectivity index (χ3n) is 7.02. The van der Waals surface area contributed by atoms with Crippen LogP contribution in [0.5, 0.6) is 11.6 Å². The molecule has 0 spiro atoms. The average Bonchev–Trinajstić information content (AvgIpc) is 3.26. The van der Waals surface area contributed by atoms with E-state index < -0.39 is 46.8 Å². The van der Waals surface area contributed by atoms with Gasteiger partial charge in [0.25, 0.3) is 0 Å². The molecule has 170 valence electrons. The van der Waals surface area contributed by atoms with Gasteiger partial charge in [-0.1, -0.05) is 0 Å². The Kier molecular flexibility index (Phi) is 4.48. The zero-order valence-electron chi connectivity index (χ0n) is 17.3. The van der Waals surface area contributed by atoms with E-state index in [0.717, 1.165) is 17.7 Å². The number of hydrogen-bond acceptors (Lipinski definition) is 6. The molecule has 1 aliphatic carbocycles. The van der Waals surface area contributed by atoms with Crippen molar-refractivity contribution in [2.24, 2.45) is 5.41 Å². The fourth-order valence-electron chi connectivity index (χ4n) is 5.55. The van der Waals surface area contributed by atoms with Gasteiger partial charge in [-0.2, -0.15) is 13.2 Å². The second-order valence-electron chi connectivity index (χ2n) is 8.42. The summed E-state index contributed by atoms with van der Waals surface area (Å²) in [5.41, 5.74) is -2.07. The molecule has 7 nitrogen and oxygen atoms in total. The molecular formula is C22H21F3N2O5. The second kappa shape index (κ2) is 6.82. The normalized spacial score (nSPS) is 32.4. The molecule has 5 atom stereocenters. The molecule has 2 aliphatic heterocycles. The molecule has 2 aromatic rings. The maximum absolute atomic E-state index is 13.6. The molecule has 2 N–H and O–H groups in total. The standard InChI is InChI=1S/C22H21F3N2O5/c1-30-15-4-3-12(22(23,24)25)7-13(15)27-19(29)21-10-20(21,18-14(28)9-16(21)32-18)11-5-6-26-17(8-11)31-2/h3-8,14,16,18,28H,9-10H2,1-2H3,(H,27,29)/t14-,16+,18-,20+,21+/m0/s1. The number of anilines is 1. The van der Waals surface area contributed by atoms with Gasteiger partial charge >= 0.3 is 6.18 Å². The van der Waals surface area contributed by atoms with Crippen molar-refractivity contribution in [3.8, 4) is 11.6 Å². The number of nitrogens with one attached hydrogen (secondary N) is 1. The van der Waals surface area contributed by atoms with Crippen molar-refractivity contribution in [3.05, 3.63) is 47.7 Å². The van der Waals surface area contributed by atoms with Crippen LogP contribution in [0, 0.1) is 5.41 Å². The number of pyridine rings is 1. The predicted octanol–water partition coefficient (Wildman–Crippen LogP) is 2.92. The van der Waals surface area contributed by atoms with Gasteiger partial charge < -0.3 is 24.6 Å². The number of aliphatic hydroxyl groups excluding tert-OH is 1. The minimum atomic E-state index is -4.57. The van der Waals surface area contributed by atoms with E-state index >= 15 is 0 Å². The summed E-state index contributed by atoms with van der Waals surface area (Å²) in [6.07, 6.45) is -4.24. The number of halogens is 3. The smallest absolute Gasteiger partial charge is 0.416 e. The summed E-state index contributed by atoms with van der Waals surface area (Å²) in [6.45, 7) is 0. The number of carbonyl (C=O) groups excluding carboxylic acids is 1. The molecule has 2 saturated heterocycles. The minimum absolute atomic E-state index is 0.0712. The summed E-state index contributed by atoms with van der Waals surface area (Å²) in [5.74, 6) is 0.00360. The first-order valence-corrected chi connectivity index (χ1v) is 10.1. The molecule has 1 amide bonds. The van der Waals surface area contributed by atoms with Crippen LogP contribution in [0.15, 0.2) is 36.5 Å². The SMILES string of the molecule is COc1cc([C@@]23C[C@]2(C(=O)Nc2cc(C(F)(F)F)ccc2OC)[C@H]2C[C@H](O)[C@@H]3O2)ccn1. The number of hydrogen-bond donors (Lipinski definition) is 2. The van der Waals surface area contributed by atoms with E-state index in [1.807, 2.05) is 0 Å². The van der Waals surface area contributed by atoms with E-state index in [-0.39, 0.29) is 17.9 Å². The van der Waals surface area contributed by atoms with E-state index in [2.05, 4.69) is 10.3 Å². The van der Waals surface area contributed by atoms with Gasteiger partial charge in [0.05, 0.1) is 49.2 Å². The van der Waals surface area contributed by atoms with Crippen molar-refractivity contribution in [1.82, 2.24) is 4.98 Å². The van der Waals surface area contributed by atoms with Crippen LogP contribution in [-0.2, 0) is 21.1 Å². The van der Waals surface area contributed by atoms with E-state index in [4.69, 9.17) is 14.2 Å². The molecule has 1 aromatic heterocycles. The first kappa shape index (κ1) is 21.0. The lowest BCUT2D eigenvalue weighted by molar-refractivity contribution is -0.137. The Hall–Kier alpha value is -2.85. The lowest BCUT2D eigenvalue weighted by Gasteiger charge is -2.29. The number of fused-ring (bicyclic) bond motifs is 5. The molecule has 3 aliphatic rings. The maximum Gasteiger partial charge on any atom is 0.416 e. The highest BCUT2D eigenvalue weighted by atomic mass is 19.4. The van der Waals surface area contributed by atoms with Gasteiger partial charge in [-0.25, -0.2) is 4.98 Å². The van der Waals surface area contributed by atoms with Crippen LogP contribution in [0.2, 0.25) is 0 Å². The molecule has 32 heavy (non-hydrogen) atoms. The largest absolute Gasteiger partial charge is 0.495 e. The van der Waals surface area contributed by atoms with E-state index in [9.17, 15) is 23.1 Å². The molecule has 10 heteroatoms. The van der Waals surface area contributed by atoms with Crippen LogP contribution in [0.1, 0.15) is 24.0 Å². The van der Waals surface area contributed by atoms with Gasteiger partial charge in [0.1, 0.15) is 5.75 Å². The van der Waals surface area contributed by atoms with Crippen LogP contribution < -0.4 is 14.8 Å². The van der Waals surface area contributed by atoms with Crippen molar-refractivity contribution < 1.29 is 37.3 Å². The fraction of sp³-hybridized carbons (Fsp3) is 0.455. The van der Waals surface area contributed by atoms with Gasteiger partial charge in [0.15, 0.2) is 0 Å². The highest BCUT2D eigenvalue weighted by molar-refractivity contribution is 6.02. The third-order valence-corrected chi connectivity index (χ3v) is 7.02. The molecule has 3 heterocycles. The van der Waals surface area contributed by atoms with Crippen molar-refractivity contribution in [2.45, 2.75) is 42.7 Å². The summed E-state index contributed by atoms with van der Waals surface area (Å²) in [4.78, 5) is 17.7. The molecule has 5 rings (SSSR count). The Bertz CT molecular complexity index is 1090. The van der Waals surface area contributed by atoms with Gasteiger partial charge in [-0.3, -0.25) is 4.79 Å². The zero-order chi connectivity index (χ0) is 22.9. The number of ether oxygens (including phenoxy) is 3. The molecule has 3 fully saturated rings. The Morgan fingerprint density at radius 2 is 2.03 bits per heavy atom.